The van der Waals surface area contributed by atoms with Crippen LogP contribution < -0.4 is 10.2 Å². The summed E-state index contributed by atoms with van der Waals surface area (Å²) in [6.07, 6.45) is 77.2. The molecule has 0 bridgehead atoms. The van der Waals surface area contributed by atoms with Gasteiger partial charge in [-0.2, -0.15) is 0 Å². The molecule has 0 aromatic heterocycles. The summed E-state index contributed by atoms with van der Waals surface area (Å²) < 4.78 is 23.5. The van der Waals surface area contributed by atoms with E-state index < -0.39 is 20.0 Å². The largest absolute Gasteiger partial charge is 0.756 e. The molecule has 0 aliphatic carbocycles. The lowest BCUT2D eigenvalue weighted by Crippen LogP contribution is -2.45. The van der Waals surface area contributed by atoms with E-state index in [0.29, 0.717) is 17.4 Å². The van der Waals surface area contributed by atoms with E-state index in [1.54, 1.807) is 6.08 Å². The van der Waals surface area contributed by atoms with Crippen molar-refractivity contribution in [2.75, 3.05) is 40.9 Å². The van der Waals surface area contributed by atoms with Crippen LogP contribution in [0, 0.1) is 0 Å². The average Bonchev–Trinajstić information content (AvgIpc) is 3.39. The molecule has 77 heavy (non-hydrogen) atoms. The van der Waals surface area contributed by atoms with Crippen LogP contribution >= 0.6 is 7.82 Å². The number of phosphoric acid groups is 1. The topological polar surface area (TPSA) is 108 Å². The van der Waals surface area contributed by atoms with Crippen molar-refractivity contribution < 1.29 is 32.9 Å². The van der Waals surface area contributed by atoms with Crippen LogP contribution in [0.2, 0.25) is 0 Å². The molecule has 3 unspecified atom stereocenters. The summed E-state index contributed by atoms with van der Waals surface area (Å²) in [6.45, 7) is 4.71. The van der Waals surface area contributed by atoms with E-state index in [-0.39, 0.29) is 19.1 Å². The summed E-state index contributed by atoms with van der Waals surface area (Å²) in [5.41, 5.74) is 0. The van der Waals surface area contributed by atoms with Gasteiger partial charge in [-0.1, -0.05) is 327 Å². The zero-order valence-corrected chi connectivity index (χ0v) is 53.3. The minimum atomic E-state index is -4.60. The van der Waals surface area contributed by atoms with E-state index in [2.05, 4.69) is 31.3 Å². The lowest BCUT2D eigenvalue weighted by molar-refractivity contribution is -0.870. The van der Waals surface area contributed by atoms with Gasteiger partial charge in [0.05, 0.1) is 39.9 Å². The number of aliphatic hydroxyl groups is 1. The number of carbonyl (C=O) groups is 1. The Morgan fingerprint density at radius 1 is 0.442 bits per heavy atom. The fraction of sp³-hybridized carbons (Fsp3) is 0.926. The van der Waals surface area contributed by atoms with Gasteiger partial charge < -0.3 is 28.8 Å². The van der Waals surface area contributed by atoms with Crippen LogP contribution in [-0.2, 0) is 18.4 Å². The summed E-state index contributed by atoms with van der Waals surface area (Å²) in [5, 5.41) is 14.0. The number of likely N-dealkylation sites (N-methyl/N-ethyl adjacent to an activating group) is 1. The molecule has 2 N–H and O–H groups in total. The number of hydrogen-bond donors (Lipinski definition) is 2. The predicted molar refractivity (Wildman–Crippen MR) is 335 cm³/mol. The van der Waals surface area contributed by atoms with E-state index in [1.165, 1.54) is 295 Å². The molecule has 8 nitrogen and oxygen atoms in total. The normalized spacial score (nSPS) is 13.8. The second-order valence-electron chi connectivity index (χ2n) is 24.9. The Balaban J connectivity index is 4.04. The Labute approximate surface area is 481 Å². The zero-order chi connectivity index (χ0) is 56.3. The second kappa shape index (κ2) is 59.6. The number of phosphoric ester groups is 1. The monoisotopic (exact) mass is 1110 g/mol. The fourth-order valence-corrected chi connectivity index (χ4v) is 11.3. The van der Waals surface area contributed by atoms with Gasteiger partial charge in [-0.3, -0.25) is 9.36 Å². The third-order valence-corrected chi connectivity index (χ3v) is 16.9. The number of hydrogen-bond acceptors (Lipinski definition) is 6. The van der Waals surface area contributed by atoms with E-state index >= 15 is 0 Å². The van der Waals surface area contributed by atoms with Crippen LogP contribution in [0.4, 0.5) is 0 Å². The highest BCUT2D eigenvalue weighted by Gasteiger charge is 2.23. The van der Waals surface area contributed by atoms with Crippen LogP contribution in [-0.4, -0.2) is 68.5 Å². The van der Waals surface area contributed by atoms with Crippen LogP contribution in [0.3, 0.4) is 0 Å². The number of unbranched alkanes of at least 4 members (excludes halogenated alkanes) is 49. The Hall–Kier alpha value is -1.02. The lowest BCUT2D eigenvalue weighted by atomic mass is 10.0. The van der Waals surface area contributed by atoms with Gasteiger partial charge in [-0.25, -0.2) is 0 Å². The smallest absolute Gasteiger partial charge is 0.268 e. The van der Waals surface area contributed by atoms with Crippen molar-refractivity contribution in [2.24, 2.45) is 0 Å². The van der Waals surface area contributed by atoms with Crippen molar-refractivity contribution >= 4 is 13.7 Å². The van der Waals surface area contributed by atoms with Gasteiger partial charge in [-0.05, 0) is 44.9 Å². The zero-order valence-electron chi connectivity index (χ0n) is 52.4. The Kier molecular flexibility index (Phi) is 58.8. The Morgan fingerprint density at radius 2 is 0.714 bits per heavy atom. The van der Waals surface area contributed by atoms with Crippen LogP contribution in [0.25, 0.3) is 0 Å². The number of allylic oxidation sites excluding steroid dienone is 3. The summed E-state index contributed by atoms with van der Waals surface area (Å²) in [6, 6.07) is -0.885. The van der Waals surface area contributed by atoms with Crippen molar-refractivity contribution in [3.8, 4) is 0 Å². The molecule has 0 aromatic rings. The van der Waals surface area contributed by atoms with Gasteiger partial charge in [0.25, 0.3) is 7.82 Å². The average molecular weight is 1110 g/mol. The standard InChI is InChI=1S/C68H135N2O6P/c1-6-8-10-12-14-16-18-20-22-24-26-28-30-32-33-34-35-36-37-38-40-42-44-46-48-50-52-54-56-58-60-62-68(72)69-66(65-76-77(73,74)75-64-63-70(3,4)5)67(71)61-59-57-55-53-51-49-47-45-43-41-39-31-29-27-25-23-21-19-17-15-13-11-9-7-2/h24,26,59,61,66-67,71H,6-23,25,27-58,60,62-65H2,1-5H3,(H-,69,72,73,74)/b26-24-,61-59+. The highest BCUT2D eigenvalue weighted by atomic mass is 31.2. The van der Waals surface area contributed by atoms with E-state index in [9.17, 15) is 19.4 Å². The summed E-state index contributed by atoms with van der Waals surface area (Å²) in [5.74, 6) is -0.189. The van der Waals surface area contributed by atoms with Gasteiger partial charge in [0.15, 0.2) is 0 Å². The quantitative estimate of drug-likeness (QED) is 0.0272. The number of carbonyl (C=O) groups excluding carboxylic acids is 1. The SMILES string of the molecule is CCCCCCCCCC/C=C\CCCCCCCCCCCCCCCCCCCCCC(=O)NC(COP(=O)([O-])OCC[N+](C)(C)C)C(O)/C=C/CCCCCCCCCCCCCCCCCCCCCCCC. The minimum Gasteiger partial charge on any atom is -0.756 e. The Morgan fingerprint density at radius 3 is 1.01 bits per heavy atom. The van der Waals surface area contributed by atoms with Gasteiger partial charge in [0, 0.05) is 6.42 Å². The Bertz CT molecular complexity index is 1300. The first-order valence-electron chi connectivity index (χ1n) is 34.2. The molecule has 0 radical (unpaired) electrons. The third kappa shape index (κ3) is 62.4. The number of amides is 1. The summed E-state index contributed by atoms with van der Waals surface area (Å²) >= 11 is 0. The van der Waals surface area contributed by atoms with Gasteiger partial charge >= 0.3 is 0 Å². The molecule has 0 spiro atoms. The van der Waals surface area contributed by atoms with E-state index in [0.717, 1.165) is 38.5 Å². The number of nitrogens with zero attached hydrogens (tertiary/aromatic N) is 1. The molecule has 3 atom stereocenters. The van der Waals surface area contributed by atoms with Gasteiger partial charge in [0.2, 0.25) is 5.91 Å². The molecule has 9 heteroatoms. The van der Waals surface area contributed by atoms with E-state index in [1.807, 2.05) is 27.2 Å². The number of nitrogens with one attached hydrogen (secondary N) is 1. The molecule has 0 aliphatic heterocycles. The first-order valence-corrected chi connectivity index (χ1v) is 35.7. The van der Waals surface area contributed by atoms with Crippen molar-refractivity contribution in [2.45, 2.75) is 366 Å². The first kappa shape index (κ1) is 76.0. The number of quaternary nitrogens is 1. The maximum atomic E-state index is 13.0. The van der Waals surface area contributed by atoms with Crippen LogP contribution in [0.15, 0.2) is 24.3 Å². The molecule has 0 saturated carbocycles. The molecule has 0 fully saturated rings. The van der Waals surface area contributed by atoms with Crippen molar-refractivity contribution in [1.29, 1.82) is 0 Å². The molecule has 1 amide bonds. The molecule has 0 saturated heterocycles. The van der Waals surface area contributed by atoms with Crippen LogP contribution in [0.5, 0.6) is 0 Å². The van der Waals surface area contributed by atoms with Crippen molar-refractivity contribution in [1.82, 2.24) is 5.32 Å². The summed E-state index contributed by atoms with van der Waals surface area (Å²) in [7, 11) is 1.28. The van der Waals surface area contributed by atoms with Gasteiger partial charge in [0.1, 0.15) is 13.2 Å². The maximum Gasteiger partial charge on any atom is 0.268 e. The first-order chi connectivity index (χ1) is 37.5. The highest BCUT2D eigenvalue weighted by Crippen LogP contribution is 2.38. The molecular formula is C68H135N2O6P. The molecule has 0 rings (SSSR count). The lowest BCUT2D eigenvalue weighted by Gasteiger charge is -2.29. The van der Waals surface area contributed by atoms with Crippen molar-refractivity contribution in [3.63, 3.8) is 0 Å². The molecule has 0 aliphatic rings. The minimum absolute atomic E-state index is 0.00190. The molecule has 458 valence electrons. The highest BCUT2D eigenvalue weighted by molar-refractivity contribution is 7.45. The molecular weight excluding hydrogens is 972 g/mol. The summed E-state index contributed by atoms with van der Waals surface area (Å²) in [4.78, 5) is 25.6. The second-order valence-corrected chi connectivity index (χ2v) is 26.3. The van der Waals surface area contributed by atoms with Gasteiger partial charge in [-0.15, -0.1) is 0 Å². The number of aliphatic hydroxyl groups excluding tert-OH is 1. The number of rotatable bonds is 64. The maximum absolute atomic E-state index is 13.0. The van der Waals surface area contributed by atoms with E-state index in [4.69, 9.17) is 9.05 Å². The molecule has 0 heterocycles. The molecule has 0 aromatic carbocycles. The fourth-order valence-electron chi connectivity index (χ4n) is 10.6. The van der Waals surface area contributed by atoms with Crippen molar-refractivity contribution in [3.05, 3.63) is 24.3 Å². The predicted octanol–water partition coefficient (Wildman–Crippen LogP) is 20.9. The third-order valence-electron chi connectivity index (χ3n) is 15.9. The van der Waals surface area contributed by atoms with Crippen LogP contribution in [0.1, 0.15) is 354 Å².